The minimum absolute atomic E-state index is 0. The molecule has 1 aliphatic carbocycles. The van der Waals surface area contributed by atoms with Crippen molar-refractivity contribution in [2.24, 2.45) is 17.1 Å². The Kier molecular flexibility index (Phi) is 7.88. The zero-order chi connectivity index (χ0) is 12.9. The lowest BCUT2D eigenvalue weighted by atomic mass is 9.64. The topological polar surface area (TPSA) is 55.1 Å². The minimum atomic E-state index is -0.323. The monoisotopic (exact) mass is 276 g/mol. The van der Waals surface area contributed by atoms with Crippen LogP contribution in [-0.2, 0) is 4.79 Å². The van der Waals surface area contributed by atoms with Gasteiger partial charge in [0.2, 0.25) is 5.91 Å². The average molecular weight is 277 g/mol. The number of nitrogens with one attached hydrogen (secondary N) is 1. The minimum Gasteiger partial charge on any atom is -0.354 e. The number of amides is 1. The molecule has 0 aromatic rings. The van der Waals surface area contributed by atoms with Gasteiger partial charge in [-0.05, 0) is 37.0 Å². The Morgan fingerprint density at radius 3 is 2.39 bits per heavy atom. The van der Waals surface area contributed by atoms with Crippen LogP contribution in [0.15, 0.2) is 0 Å². The van der Waals surface area contributed by atoms with Gasteiger partial charge < -0.3 is 11.1 Å². The first-order valence-corrected chi connectivity index (χ1v) is 7.02. The molecule has 108 valence electrons. The van der Waals surface area contributed by atoms with Gasteiger partial charge in [-0.15, -0.1) is 12.4 Å². The van der Waals surface area contributed by atoms with Crippen molar-refractivity contribution < 1.29 is 4.79 Å². The van der Waals surface area contributed by atoms with Crippen LogP contribution in [0, 0.1) is 11.3 Å². The van der Waals surface area contributed by atoms with Crippen LogP contribution in [0.2, 0.25) is 0 Å². The first-order valence-electron chi connectivity index (χ1n) is 7.02. The van der Waals surface area contributed by atoms with Crippen LogP contribution in [0.5, 0.6) is 0 Å². The summed E-state index contributed by atoms with van der Waals surface area (Å²) in [6, 6.07) is -0.323. The second-order valence-corrected chi connectivity index (χ2v) is 6.06. The molecule has 0 bridgehead atoms. The largest absolute Gasteiger partial charge is 0.354 e. The van der Waals surface area contributed by atoms with Gasteiger partial charge in [0.1, 0.15) is 0 Å². The summed E-state index contributed by atoms with van der Waals surface area (Å²) in [6.07, 6.45) is 6.79. The van der Waals surface area contributed by atoms with Gasteiger partial charge >= 0.3 is 0 Å². The van der Waals surface area contributed by atoms with Gasteiger partial charge in [-0.2, -0.15) is 0 Å². The second-order valence-electron chi connectivity index (χ2n) is 6.06. The molecule has 3 N–H and O–H groups in total. The second kappa shape index (κ2) is 8.00. The number of carbonyl (C=O) groups excluding carboxylic acids is 1. The van der Waals surface area contributed by atoms with Gasteiger partial charge in [-0.1, -0.05) is 33.6 Å². The number of nitrogens with two attached hydrogens (primary N) is 1. The van der Waals surface area contributed by atoms with Crippen LogP contribution in [0.25, 0.3) is 0 Å². The molecular formula is C14H29ClN2O. The Balaban J connectivity index is 0.00000289. The van der Waals surface area contributed by atoms with E-state index in [0.29, 0.717) is 11.3 Å². The van der Waals surface area contributed by atoms with Crippen LogP contribution < -0.4 is 11.1 Å². The van der Waals surface area contributed by atoms with Crippen LogP contribution >= 0.6 is 12.4 Å². The number of rotatable bonds is 7. The highest BCUT2D eigenvalue weighted by molar-refractivity contribution is 5.85. The van der Waals surface area contributed by atoms with Crippen molar-refractivity contribution in [1.82, 2.24) is 5.32 Å². The zero-order valence-electron chi connectivity index (χ0n) is 12.0. The quantitative estimate of drug-likeness (QED) is 0.751. The molecule has 1 atom stereocenters. The van der Waals surface area contributed by atoms with Gasteiger partial charge in [0, 0.05) is 6.54 Å². The van der Waals surface area contributed by atoms with Gasteiger partial charge in [0.25, 0.3) is 0 Å². The van der Waals surface area contributed by atoms with E-state index < -0.39 is 0 Å². The molecule has 3 nitrogen and oxygen atoms in total. The normalized spacial score (nSPS) is 18.7. The molecule has 0 saturated heterocycles. The molecule has 1 amide bonds. The molecule has 1 rings (SSSR count). The van der Waals surface area contributed by atoms with Gasteiger partial charge in [-0.3, -0.25) is 4.79 Å². The highest BCUT2D eigenvalue weighted by atomic mass is 35.5. The predicted octanol–water partition coefficient (Wildman–Crippen LogP) is 2.87. The maximum atomic E-state index is 11.8. The van der Waals surface area contributed by atoms with Crippen molar-refractivity contribution >= 4 is 18.3 Å². The summed E-state index contributed by atoms with van der Waals surface area (Å²) in [5, 5.41) is 3.05. The zero-order valence-corrected chi connectivity index (χ0v) is 12.8. The Bertz CT molecular complexity index is 252. The average Bonchev–Trinajstić information content (AvgIpc) is 2.21. The Hall–Kier alpha value is -0.280. The van der Waals surface area contributed by atoms with E-state index in [1.165, 1.54) is 25.7 Å². The molecule has 0 spiro atoms. The molecule has 0 radical (unpaired) electrons. The third-order valence-corrected chi connectivity index (χ3v) is 3.83. The molecule has 0 heterocycles. The van der Waals surface area contributed by atoms with E-state index in [0.717, 1.165) is 19.4 Å². The van der Waals surface area contributed by atoms with E-state index in [4.69, 9.17) is 5.73 Å². The fourth-order valence-electron chi connectivity index (χ4n) is 2.84. The van der Waals surface area contributed by atoms with Crippen molar-refractivity contribution in [2.45, 2.75) is 65.3 Å². The third-order valence-electron chi connectivity index (χ3n) is 3.83. The van der Waals surface area contributed by atoms with Gasteiger partial charge in [-0.25, -0.2) is 0 Å². The number of hydrogen-bond donors (Lipinski definition) is 2. The highest BCUT2D eigenvalue weighted by Gasteiger charge is 2.37. The summed E-state index contributed by atoms with van der Waals surface area (Å²) in [6.45, 7) is 7.39. The Morgan fingerprint density at radius 2 is 2.00 bits per heavy atom. The van der Waals surface area contributed by atoms with Crippen LogP contribution in [0.1, 0.15) is 59.3 Å². The lowest BCUT2D eigenvalue weighted by Crippen LogP contribution is -2.48. The summed E-state index contributed by atoms with van der Waals surface area (Å²) < 4.78 is 0. The van der Waals surface area contributed by atoms with Crippen molar-refractivity contribution in [2.75, 3.05) is 6.54 Å². The predicted molar refractivity (Wildman–Crippen MR) is 78.9 cm³/mol. The molecule has 0 aromatic carbocycles. The standard InChI is InChI=1S/C14H28N2O.ClH/c1-4-6-12(15)13(17)16-10-14(7-5-8-14)9-11(2)3;/h11-12H,4-10,15H2,1-3H3,(H,16,17);1H. The summed E-state index contributed by atoms with van der Waals surface area (Å²) in [7, 11) is 0. The third kappa shape index (κ3) is 5.15. The molecule has 0 aliphatic heterocycles. The maximum absolute atomic E-state index is 11.8. The molecular weight excluding hydrogens is 248 g/mol. The fourth-order valence-corrected chi connectivity index (χ4v) is 2.84. The Labute approximate surface area is 118 Å². The van der Waals surface area contributed by atoms with E-state index in [9.17, 15) is 4.79 Å². The molecule has 1 aliphatic rings. The molecule has 1 fully saturated rings. The molecule has 1 saturated carbocycles. The summed E-state index contributed by atoms with van der Waals surface area (Å²) in [5.41, 5.74) is 6.18. The summed E-state index contributed by atoms with van der Waals surface area (Å²) in [5.74, 6) is 0.735. The van der Waals surface area contributed by atoms with Crippen LogP contribution in [0.4, 0.5) is 0 Å². The lowest BCUT2D eigenvalue weighted by molar-refractivity contribution is -0.123. The van der Waals surface area contributed by atoms with Crippen molar-refractivity contribution in [1.29, 1.82) is 0 Å². The van der Waals surface area contributed by atoms with Crippen LogP contribution in [-0.4, -0.2) is 18.5 Å². The smallest absolute Gasteiger partial charge is 0.236 e. The molecule has 4 heteroatoms. The van der Waals surface area contributed by atoms with Crippen molar-refractivity contribution in [3.05, 3.63) is 0 Å². The Morgan fingerprint density at radius 1 is 1.39 bits per heavy atom. The SMILES string of the molecule is CCCC(N)C(=O)NCC1(CC(C)C)CCC1.Cl. The van der Waals surface area contributed by atoms with E-state index in [-0.39, 0.29) is 24.4 Å². The van der Waals surface area contributed by atoms with Gasteiger partial charge in [0.05, 0.1) is 6.04 Å². The first kappa shape index (κ1) is 17.7. The molecule has 0 aromatic heterocycles. The summed E-state index contributed by atoms with van der Waals surface area (Å²) >= 11 is 0. The number of halogens is 1. The van der Waals surface area contributed by atoms with Crippen molar-refractivity contribution in [3.8, 4) is 0 Å². The van der Waals surface area contributed by atoms with E-state index >= 15 is 0 Å². The summed E-state index contributed by atoms with van der Waals surface area (Å²) in [4.78, 5) is 11.8. The maximum Gasteiger partial charge on any atom is 0.236 e. The van der Waals surface area contributed by atoms with Gasteiger partial charge in [0.15, 0.2) is 0 Å². The highest BCUT2D eigenvalue weighted by Crippen LogP contribution is 2.45. The van der Waals surface area contributed by atoms with E-state index in [1.54, 1.807) is 0 Å². The first-order chi connectivity index (χ1) is 7.99. The fraction of sp³-hybridized carbons (Fsp3) is 0.929. The number of carbonyl (C=O) groups is 1. The number of hydrogen-bond acceptors (Lipinski definition) is 2. The van der Waals surface area contributed by atoms with E-state index in [1.807, 2.05) is 0 Å². The molecule has 18 heavy (non-hydrogen) atoms. The van der Waals surface area contributed by atoms with Crippen molar-refractivity contribution in [3.63, 3.8) is 0 Å². The van der Waals surface area contributed by atoms with E-state index in [2.05, 4.69) is 26.1 Å². The lowest BCUT2D eigenvalue weighted by Gasteiger charge is -2.43. The van der Waals surface area contributed by atoms with Crippen LogP contribution in [0.3, 0.4) is 0 Å². The molecule has 1 unspecified atom stereocenters.